The predicted molar refractivity (Wildman–Crippen MR) is 102 cm³/mol. The van der Waals surface area contributed by atoms with Crippen molar-refractivity contribution in [2.75, 3.05) is 33.3 Å². The molecule has 0 saturated carbocycles. The highest BCUT2D eigenvalue weighted by Gasteiger charge is 2.20. The van der Waals surface area contributed by atoms with Gasteiger partial charge in [-0.25, -0.2) is 0 Å². The monoisotopic (exact) mass is 350 g/mol. The van der Waals surface area contributed by atoms with Crippen molar-refractivity contribution in [1.29, 1.82) is 0 Å². The van der Waals surface area contributed by atoms with Gasteiger partial charge in [0, 0.05) is 44.8 Å². The quantitative estimate of drug-likeness (QED) is 0.584. The van der Waals surface area contributed by atoms with Crippen LogP contribution in [0.4, 0.5) is 0 Å². The Hall–Kier alpha value is -1.53. The molecule has 0 atom stereocenters. The number of likely N-dealkylation sites (tertiary alicyclic amines) is 1. The Balaban J connectivity index is 1.69. The molecular weight excluding hydrogens is 316 g/mol. The molecule has 2 rings (SSSR count). The molecule has 1 aliphatic heterocycles. The highest BCUT2D eigenvalue weighted by atomic mass is 16.5. The lowest BCUT2D eigenvalue weighted by Crippen LogP contribution is -2.49. The smallest absolute Gasteiger partial charge is 0.191 e. The second kappa shape index (κ2) is 9.82. The Morgan fingerprint density at radius 2 is 2.08 bits per heavy atom. The fourth-order valence-corrected chi connectivity index (χ4v) is 3.14. The molecule has 0 aromatic carbocycles. The van der Waals surface area contributed by atoms with Crippen LogP contribution in [0.3, 0.4) is 0 Å². The lowest BCUT2D eigenvalue weighted by Gasteiger charge is -2.33. The maximum atomic E-state index is 5.64. The van der Waals surface area contributed by atoms with Crippen LogP contribution in [0.25, 0.3) is 0 Å². The molecule has 6 nitrogen and oxygen atoms in total. The molecule has 0 aliphatic carbocycles. The van der Waals surface area contributed by atoms with Crippen LogP contribution in [0.1, 0.15) is 43.8 Å². The van der Waals surface area contributed by atoms with Gasteiger partial charge in [-0.3, -0.25) is 4.99 Å². The molecule has 1 fully saturated rings. The van der Waals surface area contributed by atoms with Gasteiger partial charge in [-0.2, -0.15) is 0 Å². The molecule has 1 aromatic rings. The molecule has 0 amide bonds. The summed E-state index contributed by atoms with van der Waals surface area (Å²) in [6.07, 6.45) is 2.58. The van der Waals surface area contributed by atoms with Crippen molar-refractivity contribution in [1.82, 2.24) is 15.5 Å². The van der Waals surface area contributed by atoms with Crippen LogP contribution < -0.4 is 10.6 Å². The van der Waals surface area contributed by atoms with Crippen LogP contribution in [-0.4, -0.2) is 56.3 Å². The zero-order chi connectivity index (χ0) is 18.2. The SMILES string of the molecule is CN=C(NCc1cc(C)oc1C)NC1CCN(CCOC(C)C)CC1. The molecule has 2 heterocycles. The average Bonchev–Trinajstić information content (AvgIpc) is 2.90. The van der Waals surface area contributed by atoms with E-state index in [0.29, 0.717) is 12.1 Å². The molecule has 25 heavy (non-hydrogen) atoms. The number of rotatable bonds is 7. The summed E-state index contributed by atoms with van der Waals surface area (Å²) in [5.41, 5.74) is 1.18. The van der Waals surface area contributed by atoms with Crippen LogP contribution in [-0.2, 0) is 11.3 Å². The van der Waals surface area contributed by atoms with Gasteiger partial charge in [-0.05, 0) is 46.6 Å². The van der Waals surface area contributed by atoms with Crippen molar-refractivity contribution >= 4 is 5.96 Å². The zero-order valence-corrected chi connectivity index (χ0v) is 16.4. The number of furan rings is 1. The fraction of sp³-hybridized carbons (Fsp3) is 0.737. The number of aryl methyl sites for hydroxylation is 2. The molecule has 142 valence electrons. The molecule has 6 heteroatoms. The van der Waals surface area contributed by atoms with Crippen LogP contribution in [0, 0.1) is 13.8 Å². The number of guanidine groups is 1. The number of hydrogen-bond acceptors (Lipinski definition) is 4. The van der Waals surface area contributed by atoms with Gasteiger partial charge >= 0.3 is 0 Å². The van der Waals surface area contributed by atoms with Gasteiger partial charge in [0.1, 0.15) is 11.5 Å². The normalized spacial score (nSPS) is 17.3. The van der Waals surface area contributed by atoms with E-state index in [1.807, 2.05) is 20.9 Å². The van der Waals surface area contributed by atoms with Crippen molar-refractivity contribution in [3.63, 3.8) is 0 Å². The van der Waals surface area contributed by atoms with Gasteiger partial charge in [0.2, 0.25) is 0 Å². The van der Waals surface area contributed by atoms with Gasteiger partial charge in [0.15, 0.2) is 5.96 Å². The summed E-state index contributed by atoms with van der Waals surface area (Å²) < 4.78 is 11.2. The van der Waals surface area contributed by atoms with Crippen molar-refractivity contribution in [2.45, 2.75) is 59.2 Å². The van der Waals surface area contributed by atoms with Crippen LogP contribution >= 0.6 is 0 Å². The van der Waals surface area contributed by atoms with E-state index in [2.05, 4.69) is 40.4 Å². The summed E-state index contributed by atoms with van der Waals surface area (Å²) in [5.74, 6) is 2.78. The molecule has 0 radical (unpaired) electrons. The lowest BCUT2D eigenvalue weighted by atomic mass is 10.1. The summed E-state index contributed by atoms with van der Waals surface area (Å²) in [6.45, 7) is 12.9. The van der Waals surface area contributed by atoms with E-state index < -0.39 is 0 Å². The first kappa shape index (κ1) is 19.8. The van der Waals surface area contributed by atoms with Gasteiger partial charge in [-0.1, -0.05) is 0 Å². The maximum Gasteiger partial charge on any atom is 0.191 e. The Morgan fingerprint density at radius 1 is 1.36 bits per heavy atom. The van der Waals surface area contributed by atoms with Gasteiger partial charge in [-0.15, -0.1) is 0 Å². The highest BCUT2D eigenvalue weighted by molar-refractivity contribution is 5.80. The van der Waals surface area contributed by atoms with Crippen molar-refractivity contribution in [3.05, 3.63) is 23.2 Å². The third kappa shape index (κ3) is 6.71. The fourth-order valence-electron chi connectivity index (χ4n) is 3.14. The number of nitrogens with zero attached hydrogens (tertiary/aromatic N) is 2. The third-order valence-corrected chi connectivity index (χ3v) is 4.60. The molecule has 0 spiro atoms. The Labute approximate surface area is 152 Å². The third-order valence-electron chi connectivity index (χ3n) is 4.60. The van der Waals surface area contributed by atoms with E-state index >= 15 is 0 Å². The van der Waals surface area contributed by atoms with Gasteiger partial charge in [0.25, 0.3) is 0 Å². The molecular formula is C19H34N4O2. The molecule has 1 saturated heterocycles. The number of hydrogen-bond donors (Lipinski definition) is 2. The molecule has 1 aromatic heterocycles. The number of ether oxygens (including phenoxy) is 1. The minimum atomic E-state index is 0.316. The minimum absolute atomic E-state index is 0.316. The maximum absolute atomic E-state index is 5.64. The van der Waals surface area contributed by atoms with E-state index in [0.717, 1.165) is 63.1 Å². The van der Waals surface area contributed by atoms with Gasteiger partial charge < -0.3 is 24.7 Å². The average molecular weight is 351 g/mol. The standard InChI is InChI=1S/C19H34N4O2/c1-14(2)24-11-10-23-8-6-18(7-9-23)22-19(20-5)21-13-17-12-15(3)25-16(17)4/h12,14,18H,6-11,13H2,1-5H3,(H2,20,21,22). The summed E-state index contributed by atoms with van der Waals surface area (Å²) in [5, 5.41) is 6.94. The second-order valence-electron chi connectivity index (χ2n) is 7.04. The lowest BCUT2D eigenvalue weighted by molar-refractivity contribution is 0.0532. The van der Waals surface area contributed by atoms with Crippen LogP contribution in [0.5, 0.6) is 0 Å². The first-order valence-corrected chi connectivity index (χ1v) is 9.35. The Kier molecular flexibility index (Phi) is 7.78. The molecule has 2 N–H and O–H groups in total. The second-order valence-corrected chi connectivity index (χ2v) is 7.04. The summed E-state index contributed by atoms with van der Waals surface area (Å²) in [7, 11) is 1.82. The van der Waals surface area contributed by atoms with Crippen molar-refractivity contribution < 1.29 is 9.15 Å². The summed E-state index contributed by atoms with van der Waals surface area (Å²) in [4.78, 5) is 6.83. The predicted octanol–water partition coefficient (Wildman–Crippen LogP) is 2.45. The molecule has 1 aliphatic rings. The summed E-state index contributed by atoms with van der Waals surface area (Å²) >= 11 is 0. The van der Waals surface area contributed by atoms with E-state index in [1.54, 1.807) is 0 Å². The minimum Gasteiger partial charge on any atom is -0.466 e. The van der Waals surface area contributed by atoms with E-state index in [9.17, 15) is 0 Å². The largest absolute Gasteiger partial charge is 0.466 e. The molecule has 0 bridgehead atoms. The topological polar surface area (TPSA) is 62.0 Å². The number of nitrogens with one attached hydrogen (secondary N) is 2. The van der Waals surface area contributed by atoms with Crippen molar-refractivity contribution in [2.24, 2.45) is 4.99 Å². The van der Waals surface area contributed by atoms with Crippen molar-refractivity contribution in [3.8, 4) is 0 Å². The Bertz CT molecular complexity index is 546. The zero-order valence-electron chi connectivity index (χ0n) is 16.4. The molecule has 0 unspecified atom stereocenters. The summed E-state index contributed by atoms with van der Waals surface area (Å²) in [6, 6.07) is 2.55. The number of piperidine rings is 1. The highest BCUT2D eigenvalue weighted by Crippen LogP contribution is 2.13. The van der Waals surface area contributed by atoms with E-state index in [4.69, 9.17) is 9.15 Å². The Morgan fingerprint density at radius 3 is 2.64 bits per heavy atom. The number of aliphatic imine (C=N–C) groups is 1. The van der Waals surface area contributed by atoms with Gasteiger partial charge in [0.05, 0.1) is 12.7 Å². The van der Waals surface area contributed by atoms with E-state index in [-0.39, 0.29) is 0 Å². The first-order valence-electron chi connectivity index (χ1n) is 9.35. The van der Waals surface area contributed by atoms with Crippen LogP contribution in [0.15, 0.2) is 15.5 Å². The first-order chi connectivity index (χ1) is 12.0. The van der Waals surface area contributed by atoms with Crippen LogP contribution in [0.2, 0.25) is 0 Å². The van der Waals surface area contributed by atoms with E-state index in [1.165, 1.54) is 5.56 Å².